The minimum atomic E-state index is -4.07. The predicted molar refractivity (Wildman–Crippen MR) is 101 cm³/mol. The van der Waals surface area contributed by atoms with Crippen molar-refractivity contribution in [3.8, 4) is 5.75 Å². The van der Waals surface area contributed by atoms with Gasteiger partial charge in [-0.25, -0.2) is 8.42 Å². The van der Waals surface area contributed by atoms with Gasteiger partial charge >= 0.3 is 0 Å². The van der Waals surface area contributed by atoms with Gasteiger partial charge in [0.15, 0.2) is 0 Å². The Labute approximate surface area is 156 Å². The van der Waals surface area contributed by atoms with Crippen molar-refractivity contribution in [2.75, 3.05) is 18.0 Å². The van der Waals surface area contributed by atoms with Gasteiger partial charge in [-0.05, 0) is 31.2 Å². The molecular formula is C17H17ClN2O5S. The third-order valence-electron chi connectivity index (χ3n) is 3.68. The summed E-state index contributed by atoms with van der Waals surface area (Å²) in [7, 11) is -2.62. The molecule has 26 heavy (non-hydrogen) atoms. The molecule has 9 heteroatoms. The van der Waals surface area contributed by atoms with E-state index in [0.717, 1.165) is 10.4 Å². The van der Waals surface area contributed by atoms with E-state index in [-0.39, 0.29) is 22.2 Å². The van der Waals surface area contributed by atoms with Crippen LogP contribution in [-0.2, 0) is 10.0 Å². The molecule has 2 aromatic rings. The number of nitro groups is 1. The molecule has 0 aliphatic rings. The number of anilines is 1. The van der Waals surface area contributed by atoms with Crippen molar-refractivity contribution in [1.29, 1.82) is 0 Å². The second-order valence-corrected chi connectivity index (χ2v) is 7.62. The highest BCUT2D eigenvalue weighted by Gasteiger charge is 2.27. The molecule has 0 aliphatic heterocycles. The highest BCUT2D eigenvalue weighted by Crippen LogP contribution is 2.33. The van der Waals surface area contributed by atoms with Gasteiger partial charge in [0.1, 0.15) is 5.75 Å². The van der Waals surface area contributed by atoms with Gasteiger partial charge in [0.05, 0.1) is 34.2 Å². The van der Waals surface area contributed by atoms with Crippen LogP contribution in [0.4, 0.5) is 11.4 Å². The molecule has 0 spiro atoms. The van der Waals surface area contributed by atoms with Crippen molar-refractivity contribution in [1.82, 2.24) is 0 Å². The molecule has 0 aromatic heterocycles. The average molecular weight is 397 g/mol. The topological polar surface area (TPSA) is 89.8 Å². The average Bonchev–Trinajstić information content (AvgIpc) is 2.59. The maximum absolute atomic E-state index is 13.1. The molecule has 0 saturated carbocycles. The number of sulfonamides is 1. The van der Waals surface area contributed by atoms with E-state index in [2.05, 4.69) is 6.58 Å². The van der Waals surface area contributed by atoms with Crippen LogP contribution in [0.2, 0.25) is 5.02 Å². The number of hydrogen-bond acceptors (Lipinski definition) is 5. The number of rotatable bonds is 7. The van der Waals surface area contributed by atoms with E-state index >= 15 is 0 Å². The summed E-state index contributed by atoms with van der Waals surface area (Å²) < 4.78 is 32.3. The van der Waals surface area contributed by atoms with Crippen LogP contribution in [0.5, 0.6) is 5.75 Å². The monoisotopic (exact) mass is 396 g/mol. The Bertz CT molecular complexity index is 960. The quantitative estimate of drug-likeness (QED) is 0.401. The largest absolute Gasteiger partial charge is 0.495 e. The summed E-state index contributed by atoms with van der Waals surface area (Å²) in [6, 6.07) is 8.31. The first-order valence-corrected chi connectivity index (χ1v) is 9.26. The Hall–Kier alpha value is -2.58. The molecule has 2 aromatic carbocycles. The zero-order valence-electron chi connectivity index (χ0n) is 14.2. The second-order valence-electron chi connectivity index (χ2n) is 5.35. The number of methoxy groups -OCH3 is 1. The number of aryl methyl sites for hydroxylation is 1. The molecule has 2 rings (SSSR count). The molecule has 0 aliphatic carbocycles. The summed E-state index contributed by atoms with van der Waals surface area (Å²) in [5.41, 5.74) is 0.396. The fourth-order valence-electron chi connectivity index (χ4n) is 2.34. The van der Waals surface area contributed by atoms with Gasteiger partial charge in [-0.1, -0.05) is 23.7 Å². The second kappa shape index (κ2) is 7.76. The molecule has 0 saturated heterocycles. The summed E-state index contributed by atoms with van der Waals surface area (Å²) in [4.78, 5) is 10.3. The fourth-order valence-corrected chi connectivity index (χ4v) is 4.04. The fraction of sp³-hybridized carbons (Fsp3) is 0.176. The Morgan fingerprint density at radius 1 is 1.31 bits per heavy atom. The summed E-state index contributed by atoms with van der Waals surface area (Å²) in [5, 5.41) is 11.4. The van der Waals surface area contributed by atoms with E-state index in [1.807, 2.05) is 0 Å². The van der Waals surface area contributed by atoms with Crippen LogP contribution < -0.4 is 9.04 Å². The number of ether oxygens (including phenoxy) is 1. The van der Waals surface area contributed by atoms with Crippen LogP contribution in [0.3, 0.4) is 0 Å². The highest BCUT2D eigenvalue weighted by molar-refractivity contribution is 7.92. The predicted octanol–water partition coefficient (Wildman–Crippen LogP) is 3.95. The van der Waals surface area contributed by atoms with E-state index < -0.39 is 14.9 Å². The molecule has 0 bridgehead atoms. The minimum Gasteiger partial charge on any atom is -0.495 e. The normalized spacial score (nSPS) is 11.0. The van der Waals surface area contributed by atoms with Crippen LogP contribution in [-0.4, -0.2) is 27.0 Å². The minimum absolute atomic E-state index is 0.0351. The van der Waals surface area contributed by atoms with E-state index in [4.69, 9.17) is 16.3 Å². The zero-order chi connectivity index (χ0) is 19.5. The van der Waals surface area contributed by atoms with Gasteiger partial charge in [0.25, 0.3) is 15.7 Å². The Morgan fingerprint density at radius 3 is 2.54 bits per heavy atom. The van der Waals surface area contributed by atoms with Gasteiger partial charge in [-0.15, -0.1) is 6.58 Å². The summed E-state index contributed by atoms with van der Waals surface area (Å²) in [6.07, 6.45) is 1.41. The van der Waals surface area contributed by atoms with E-state index in [0.29, 0.717) is 17.0 Å². The SMILES string of the molecule is C=CCN(c1ccc(OC)c(Cl)c1)S(=O)(=O)c1ccc(C)c([N+](=O)[O-])c1. The van der Waals surface area contributed by atoms with E-state index in [9.17, 15) is 18.5 Å². The third kappa shape index (κ3) is 3.81. The number of benzene rings is 2. The number of halogens is 1. The summed E-state index contributed by atoms with van der Waals surface area (Å²) >= 11 is 6.10. The molecule has 0 heterocycles. The van der Waals surface area contributed by atoms with Crippen molar-refractivity contribution >= 4 is 33.0 Å². The third-order valence-corrected chi connectivity index (χ3v) is 5.77. The summed E-state index contributed by atoms with van der Waals surface area (Å²) in [5.74, 6) is 0.400. The highest BCUT2D eigenvalue weighted by atomic mass is 35.5. The smallest absolute Gasteiger partial charge is 0.273 e. The van der Waals surface area contributed by atoms with Crippen LogP contribution in [0.15, 0.2) is 53.9 Å². The lowest BCUT2D eigenvalue weighted by molar-refractivity contribution is -0.385. The van der Waals surface area contributed by atoms with Crippen LogP contribution in [0.1, 0.15) is 5.56 Å². The van der Waals surface area contributed by atoms with Gasteiger partial charge in [0.2, 0.25) is 0 Å². The lowest BCUT2D eigenvalue weighted by Crippen LogP contribution is -2.31. The molecule has 0 unspecified atom stereocenters. The molecule has 0 N–H and O–H groups in total. The van der Waals surface area contributed by atoms with Crippen molar-refractivity contribution < 1.29 is 18.1 Å². The first-order chi connectivity index (χ1) is 12.2. The Kier molecular flexibility index (Phi) is 5.89. The number of nitrogens with zero attached hydrogens (tertiary/aromatic N) is 2. The zero-order valence-corrected chi connectivity index (χ0v) is 15.7. The molecular weight excluding hydrogens is 380 g/mol. The molecule has 138 valence electrons. The van der Waals surface area contributed by atoms with Crippen LogP contribution in [0.25, 0.3) is 0 Å². The number of hydrogen-bond donors (Lipinski definition) is 0. The Morgan fingerprint density at radius 2 is 2.00 bits per heavy atom. The first-order valence-electron chi connectivity index (χ1n) is 7.44. The molecule has 0 fully saturated rings. The summed E-state index contributed by atoms with van der Waals surface area (Å²) in [6.45, 7) is 5.08. The standard InChI is InChI=1S/C17H17ClN2O5S/c1-4-9-19(13-6-8-17(25-3)15(18)10-13)26(23,24)14-7-5-12(2)16(11-14)20(21)22/h4-8,10-11H,1,9H2,2-3H3. The lowest BCUT2D eigenvalue weighted by atomic mass is 10.2. The van der Waals surface area contributed by atoms with Crippen LogP contribution >= 0.6 is 11.6 Å². The molecule has 0 amide bonds. The van der Waals surface area contributed by atoms with Gasteiger partial charge < -0.3 is 4.74 Å². The molecule has 7 nitrogen and oxygen atoms in total. The van der Waals surface area contributed by atoms with Crippen molar-refractivity contribution in [2.45, 2.75) is 11.8 Å². The number of nitro benzene ring substituents is 1. The van der Waals surface area contributed by atoms with Gasteiger partial charge in [-0.3, -0.25) is 14.4 Å². The van der Waals surface area contributed by atoms with Gasteiger partial charge in [-0.2, -0.15) is 0 Å². The van der Waals surface area contributed by atoms with Crippen molar-refractivity contribution in [3.63, 3.8) is 0 Å². The van der Waals surface area contributed by atoms with Crippen LogP contribution in [0, 0.1) is 17.0 Å². The maximum Gasteiger partial charge on any atom is 0.273 e. The van der Waals surface area contributed by atoms with Gasteiger partial charge in [0, 0.05) is 11.6 Å². The molecule has 0 atom stereocenters. The maximum atomic E-state index is 13.1. The van der Waals surface area contributed by atoms with E-state index in [1.165, 1.54) is 37.5 Å². The van der Waals surface area contributed by atoms with E-state index in [1.54, 1.807) is 13.0 Å². The van der Waals surface area contributed by atoms with Crippen molar-refractivity contribution in [3.05, 3.63) is 69.8 Å². The Balaban J connectivity index is 2.58. The van der Waals surface area contributed by atoms with Crippen molar-refractivity contribution in [2.24, 2.45) is 0 Å². The molecule has 0 radical (unpaired) electrons. The first kappa shape index (κ1) is 19.7. The lowest BCUT2D eigenvalue weighted by Gasteiger charge is -2.23.